The summed E-state index contributed by atoms with van der Waals surface area (Å²) in [6.45, 7) is 0.474. The maximum Gasteiger partial charge on any atom is 0.162 e. The van der Waals surface area contributed by atoms with Gasteiger partial charge in [-0.15, -0.1) is 0 Å². The first kappa shape index (κ1) is 11.5. The van der Waals surface area contributed by atoms with Gasteiger partial charge >= 0.3 is 0 Å². The number of methoxy groups -OCH3 is 1. The van der Waals surface area contributed by atoms with Crippen LogP contribution >= 0.6 is 0 Å². The number of benzene rings is 1. The molecular formula is C11H11F2NO. The van der Waals surface area contributed by atoms with Gasteiger partial charge in [-0.25, -0.2) is 8.78 Å². The molecule has 1 rings (SSSR count). The van der Waals surface area contributed by atoms with Gasteiger partial charge < -0.3 is 10.1 Å². The molecule has 1 aromatic carbocycles. The molecule has 0 aliphatic carbocycles. The molecule has 0 bridgehead atoms. The summed E-state index contributed by atoms with van der Waals surface area (Å²) in [6.07, 6.45) is 0. The van der Waals surface area contributed by atoms with Crippen LogP contribution in [-0.2, 0) is 0 Å². The fourth-order valence-electron chi connectivity index (χ4n) is 1.02. The Bertz CT molecular complexity index is 407. The first-order valence-corrected chi connectivity index (χ1v) is 4.35. The Morgan fingerprint density at radius 3 is 2.60 bits per heavy atom. The van der Waals surface area contributed by atoms with Crippen molar-refractivity contribution in [2.75, 3.05) is 20.7 Å². The van der Waals surface area contributed by atoms with E-state index in [1.54, 1.807) is 7.05 Å². The van der Waals surface area contributed by atoms with E-state index in [-0.39, 0.29) is 5.75 Å². The van der Waals surface area contributed by atoms with Crippen LogP contribution in [0.15, 0.2) is 12.1 Å². The molecule has 0 fully saturated rings. The summed E-state index contributed by atoms with van der Waals surface area (Å²) in [6, 6.07) is 2.01. The Morgan fingerprint density at radius 2 is 2.00 bits per heavy atom. The lowest BCUT2D eigenvalue weighted by Gasteiger charge is -2.03. The number of nitrogens with one attached hydrogen (secondary N) is 1. The van der Waals surface area contributed by atoms with Crippen LogP contribution in [0.25, 0.3) is 0 Å². The minimum atomic E-state index is -0.939. The topological polar surface area (TPSA) is 21.3 Å². The third-order valence-corrected chi connectivity index (χ3v) is 1.73. The summed E-state index contributed by atoms with van der Waals surface area (Å²) in [5.74, 6) is 3.80. The lowest BCUT2D eigenvalue weighted by molar-refractivity contribution is 0.405. The van der Waals surface area contributed by atoms with E-state index in [2.05, 4.69) is 17.2 Å². The monoisotopic (exact) mass is 211 g/mol. The van der Waals surface area contributed by atoms with Crippen LogP contribution in [0, 0.1) is 23.5 Å². The van der Waals surface area contributed by atoms with E-state index < -0.39 is 11.6 Å². The smallest absolute Gasteiger partial charge is 0.162 e. The second-order valence-electron chi connectivity index (χ2n) is 2.80. The zero-order valence-corrected chi connectivity index (χ0v) is 8.53. The van der Waals surface area contributed by atoms with Gasteiger partial charge in [-0.3, -0.25) is 0 Å². The molecule has 0 aliphatic heterocycles. The molecule has 0 unspecified atom stereocenters. The lowest BCUT2D eigenvalue weighted by atomic mass is 10.2. The van der Waals surface area contributed by atoms with Crippen LogP contribution in [-0.4, -0.2) is 20.7 Å². The highest BCUT2D eigenvalue weighted by molar-refractivity contribution is 5.46. The van der Waals surface area contributed by atoms with Gasteiger partial charge in [-0.2, -0.15) is 0 Å². The minimum Gasteiger partial charge on any atom is -0.495 e. The second kappa shape index (κ2) is 5.32. The van der Waals surface area contributed by atoms with Crippen molar-refractivity contribution in [3.8, 4) is 17.6 Å². The molecule has 0 saturated heterocycles. The van der Waals surface area contributed by atoms with Crippen molar-refractivity contribution in [2.45, 2.75) is 0 Å². The summed E-state index contributed by atoms with van der Waals surface area (Å²) in [5.41, 5.74) is 0.339. The van der Waals surface area contributed by atoms with Crippen LogP contribution in [0.3, 0.4) is 0 Å². The molecule has 0 heterocycles. The largest absolute Gasteiger partial charge is 0.495 e. The zero-order valence-electron chi connectivity index (χ0n) is 8.53. The van der Waals surface area contributed by atoms with Crippen molar-refractivity contribution in [2.24, 2.45) is 0 Å². The van der Waals surface area contributed by atoms with E-state index in [1.807, 2.05) is 0 Å². The molecule has 80 valence electrons. The summed E-state index contributed by atoms with van der Waals surface area (Å²) < 4.78 is 30.6. The third-order valence-electron chi connectivity index (χ3n) is 1.73. The predicted octanol–water partition coefficient (Wildman–Crippen LogP) is 1.54. The van der Waals surface area contributed by atoms with E-state index in [1.165, 1.54) is 7.11 Å². The minimum absolute atomic E-state index is 0.234. The van der Waals surface area contributed by atoms with Crippen molar-refractivity contribution < 1.29 is 13.5 Å². The van der Waals surface area contributed by atoms with Gasteiger partial charge in [-0.1, -0.05) is 11.8 Å². The Kier molecular flexibility index (Phi) is 4.07. The van der Waals surface area contributed by atoms with E-state index in [9.17, 15) is 8.78 Å². The summed E-state index contributed by atoms with van der Waals surface area (Å²) in [5, 5.41) is 2.82. The maximum atomic E-state index is 12.9. The normalized spacial score (nSPS) is 9.33. The van der Waals surface area contributed by atoms with Crippen LogP contribution in [0.4, 0.5) is 8.78 Å². The van der Waals surface area contributed by atoms with Crippen molar-refractivity contribution in [1.82, 2.24) is 5.32 Å². The Balaban J connectivity index is 3.06. The van der Waals surface area contributed by atoms with Crippen LogP contribution in [0.5, 0.6) is 5.75 Å². The molecular weight excluding hydrogens is 200 g/mol. The van der Waals surface area contributed by atoms with E-state index in [0.717, 1.165) is 12.1 Å². The molecule has 0 amide bonds. The van der Waals surface area contributed by atoms with Gasteiger partial charge in [0.25, 0.3) is 0 Å². The first-order chi connectivity index (χ1) is 7.19. The summed E-state index contributed by atoms with van der Waals surface area (Å²) >= 11 is 0. The third kappa shape index (κ3) is 2.93. The van der Waals surface area contributed by atoms with Gasteiger partial charge in [0.1, 0.15) is 5.75 Å². The summed E-state index contributed by atoms with van der Waals surface area (Å²) in [7, 11) is 3.13. The van der Waals surface area contributed by atoms with Crippen molar-refractivity contribution >= 4 is 0 Å². The summed E-state index contributed by atoms with van der Waals surface area (Å²) in [4.78, 5) is 0. The van der Waals surface area contributed by atoms with E-state index >= 15 is 0 Å². The van der Waals surface area contributed by atoms with Gasteiger partial charge in [-0.05, 0) is 13.1 Å². The molecule has 15 heavy (non-hydrogen) atoms. The Hall–Kier alpha value is -1.60. The maximum absolute atomic E-state index is 12.9. The SMILES string of the molecule is CNCC#Cc1cc(F)c(F)cc1OC. The molecule has 2 nitrogen and oxygen atoms in total. The van der Waals surface area contributed by atoms with Gasteiger partial charge in [0.15, 0.2) is 11.6 Å². The van der Waals surface area contributed by atoms with E-state index in [0.29, 0.717) is 12.1 Å². The molecule has 0 spiro atoms. The molecule has 0 radical (unpaired) electrons. The number of halogens is 2. The van der Waals surface area contributed by atoms with Crippen LogP contribution in [0.1, 0.15) is 5.56 Å². The van der Waals surface area contributed by atoms with Gasteiger partial charge in [0.2, 0.25) is 0 Å². The van der Waals surface area contributed by atoms with Crippen LogP contribution < -0.4 is 10.1 Å². The molecule has 0 aromatic heterocycles. The molecule has 1 N–H and O–H groups in total. The molecule has 1 aromatic rings. The average molecular weight is 211 g/mol. The standard InChI is InChI=1S/C11H11F2NO/c1-14-5-3-4-8-6-9(12)10(13)7-11(8)15-2/h6-7,14H,5H2,1-2H3. The quantitative estimate of drug-likeness (QED) is 0.749. The van der Waals surface area contributed by atoms with Crippen LogP contribution in [0.2, 0.25) is 0 Å². The van der Waals surface area contributed by atoms with Crippen molar-refractivity contribution in [3.05, 3.63) is 29.3 Å². The fraction of sp³-hybridized carbons (Fsp3) is 0.273. The Morgan fingerprint density at radius 1 is 1.33 bits per heavy atom. The molecule has 4 heteroatoms. The van der Waals surface area contributed by atoms with Gasteiger partial charge in [0, 0.05) is 6.07 Å². The molecule has 0 atom stereocenters. The second-order valence-corrected chi connectivity index (χ2v) is 2.80. The number of ether oxygens (including phenoxy) is 1. The van der Waals surface area contributed by atoms with Crippen molar-refractivity contribution in [1.29, 1.82) is 0 Å². The number of rotatable bonds is 2. The fourth-order valence-corrected chi connectivity index (χ4v) is 1.02. The average Bonchev–Trinajstić information content (AvgIpc) is 2.23. The van der Waals surface area contributed by atoms with E-state index in [4.69, 9.17) is 4.74 Å². The zero-order chi connectivity index (χ0) is 11.3. The highest BCUT2D eigenvalue weighted by atomic mass is 19.2. The predicted molar refractivity (Wildman–Crippen MR) is 53.7 cm³/mol. The van der Waals surface area contributed by atoms with Crippen molar-refractivity contribution in [3.63, 3.8) is 0 Å². The first-order valence-electron chi connectivity index (χ1n) is 4.35. The highest BCUT2D eigenvalue weighted by Crippen LogP contribution is 2.20. The Labute approximate surface area is 87.2 Å². The lowest BCUT2D eigenvalue weighted by Crippen LogP contribution is -2.04. The number of hydrogen-bond donors (Lipinski definition) is 1. The highest BCUT2D eigenvalue weighted by Gasteiger charge is 2.08. The van der Waals surface area contributed by atoms with Gasteiger partial charge in [0.05, 0.1) is 19.2 Å². The molecule has 0 aliphatic rings. The molecule has 0 saturated carbocycles. The number of hydrogen-bond acceptors (Lipinski definition) is 2.